The number of nitro benzene ring substituents is 1. The van der Waals surface area contributed by atoms with Crippen molar-refractivity contribution in [1.29, 1.82) is 0 Å². The number of hydrogen-bond donors (Lipinski definition) is 1. The van der Waals surface area contributed by atoms with Crippen LogP contribution in [0.15, 0.2) is 35.7 Å². The van der Waals surface area contributed by atoms with Gasteiger partial charge in [0.15, 0.2) is 6.61 Å². The lowest BCUT2D eigenvalue weighted by atomic mass is 10.1. The number of thiophene rings is 1. The fourth-order valence-corrected chi connectivity index (χ4v) is 3.86. The second-order valence-electron chi connectivity index (χ2n) is 6.54. The number of amides is 1. The molecule has 1 aliphatic rings. The number of benzene rings is 1. The van der Waals surface area contributed by atoms with Crippen LogP contribution in [0.4, 0.5) is 11.4 Å². The van der Waals surface area contributed by atoms with Gasteiger partial charge in [-0.15, -0.1) is 11.3 Å². The molecule has 2 aromatic rings. The summed E-state index contributed by atoms with van der Waals surface area (Å²) >= 11 is 1.52. The molecule has 0 aliphatic carbocycles. The van der Waals surface area contributed by atoms with Crippen LogP contribution in [0.5, 0.6) is 0 Å². The summed E-state index contributed by atoms with van der Waals surface area (Å²) in [6.07, 6.45) is 1.97. The van der Waals surface area contributed by atoms with Gasteiger partial charge in [-0.2, -0.15) is 0 Å². The van der Waals surface area contributed by atoms with E-state index in [1.54, 1.807) is 6.07 Å². The van der Waals surface area contributed by atoms with Gasteiger partial charge in [0, 0.05) is 24.0 Å². The lowest BCUT2D eigenvalue weighted by Gasteiger charge is -2.17. The zero-order chi connectivity index (χ0) is 20.1. The predicted molar refractivity (Wildman–Crippen MR) is 106 cm³/mol. The van der Waals surface area contributed by atoms with Crippen molar-refractivity contribution in [1.82, 2.24) is 5.32 Å². The third-order valence-electron chi connectivity index (χ3n) is 4.54. The SMILES string of the molecule is C[C@@H](NC(=O)COC(=O)c1ccc(N2CCCC2)c([N+](=O)[O-])c1)c1cccs1. The highest BCUT2D eigenvalue weighted by Crippen LogP contribution is 2.31. The van der Waals surface area contributed by atoms with Gasteiger partial charge in [-0.3, -0.25) is 14.9 Å². The van der Waals surface area contributed by atoms with E-state index in [2.05, 4.69) is 5.32 Å². The number of nitrogens with one attached hydrogen (secondary N) is 1. The average molecular weight is 403 g/mol. The smallest absolute Gasteiger partial charge is 0.338 e. The maximum Gasteiger partial charge on any atom is 0.338 e. The fraction of sp³-hybridized carbons (Fsp3) is 0.368. The van der Waals surface area contributed by atoms with Crippen LogP contribution in [0.1, 0.15) is 41.0 Å². The molecule has 1 aliphatic heterocycles. The molecule has 148 valence electrons. The Labute approximate surface area is 166 Å². The molecular formula is C19H21N3O5S. The normalized spacial score (nSPS) is 14.5. The summed E-state index contributed by atoms with van der Waals surface area (Å²) < 4.78 is 5.02. The van der Waals surface area contributed by atoms with Crippen molar-refractivity contribution in [3.63, 3.8) is 0 Å². The summed E-state index contributed by atoms with van der Waals surface area (Å²) in [5.41, 5.74) is 0.419. The summed E-state index contributed by atoms with van der Waals surface area (Å²) in [7, 11) is 0. The molecule has 0 bridgehead atoms. The van der Waals surface area contributed by atoms with Crippen LogP contribution in [0.25, 0.3) is 0 Å². The van der Waals surface area contributed by atoms with E-state index in [4.69, 9.17) is 4.74 Å². The van der Waals surface area contributed by atoms with Crippen LogP contribution >= 0.6 is 11.3 Å². The molecule has 1 fully saturated rings. The molecule has 0 unspecified atom stereocenters. The number of anilines is 1. The van der Waals surface area contributed by atoms with E-state index in [0.29, 0.717) is 5.69 Å². The molecular weight excluding hydrogens is 382 g/mol. The summed E-state index contributed by atoms with van der Waals surface area (Å²) in [6.45, 7) is 2.91. The molecule has 1 aromatic carbocycles. The Morgan fingerprint density at radius 3 is 2.71 bits per heavy atom. The molecule has 1 aromatic heterocycles. The number of esters is 1. The van der Waals surface area contributed by atoms with Gasteiger partial charge in [0.05, 0.1) is 16.5 Å². The van der Waals surface area contributed by atoms with Crippen LogP contribution in [0.2, 0.25) is 0 Å². The quantitative estimate of drug-likeness (QED) is 0.432. The predicted octanol–water partition coefficient (Wildman–Crippen LogP) is 3.29. The number of nitrogens with zero attached hydrogens (tertiary/aromatic N) is 2. The minimum absolute atomic E-state index is 0.0498. The van der Waals surface area contributed by atoms with E-state index in [-0.39, 0.29) is 17.3 Å². The minimum atomic E-state index is -0.769. The molecule has 1 N–H and O–H groups in total. The van der Waals surface area contributed by atoms with E-state index in [9.17, 15) is 19.7 Å². The van der Waals surface area contributed by atoms with Gasteiger partial charge in [0.2, 0.25) is 0 Å². The standard InChI is InChI=1S/C19H21N3O5S/c1-13(17-5-4-10-28-17)20-18(23)12-27-19(24)14-6-7-15(16(11-14)22(25)26)21-8-2-3-9-21/h4-7,10-11,13H,2-3,8-9,12H2,1H3,(H,20,23)/t13-/m1/s1. The molecule has 0 saturated carbocycles. The third-order valence-corrected chi connectivity index (χ3v) is 5.59. The summed E-state index contributed by atoms with van der Waals surface area (Å²) in [5.74, 6) is -1.20. The number of hydrogen-bond acceptors (Lipinski definition) is 7. The Morgan fingerprint density at radius 2 is 2.07 bits per heavy atom. The molecule has 28 heavy (non-hydrogen) atoms. The second-order valence-corrected chi connectivity index (χ2v) is 7.51. The van der Waals surface area contributed by atoms with Crippen molar-refractivity contribution in [2.24, 2.45) is 0 Å². The van der Waals surface area contributed by atoms with Crippen LogP contribution in [-0.2, 0) is 9.53 Å². The van der Waals surface area contributed by atoms with Crippen LogP contribution < -0.4 is 10.2 Å². The molecule has 1 amide bonds. The van der Waals surface area contributed by atoms with Crippen molar-refractivity contribution < 1.29 is 19.2 Å². The molecule has 8 nitrogen and oxygen atoms in total. The van der Waals surface area contributed by atoms with Crippen molar-refractivity contribution in [2.45, 2.75) is 25.8 Å². The largest absolute Gasteiger partial charge is 0.452 e. The number of ether oxygens (including phenoxy) is 1. The van der Waals surface area contributed by atoms with Gasteiger partial charge in [-0.1, -0.05) is 6.07 Å². The van der Waals surface area contributed by atoms with Gasteiger partial charge in [0.1, 0.15) is 5.69 Å². The number of carbonyl (C=O) groups excluding carboxylic acids is 2. The third kappa shape index (κ3) is 4.66. The van der Waals surface area contributed by atoms with E-state index in [1.165, 1.54) is 23.5 Å². The molecule has 0 spiro atoms. The zero-order valence-electron chi connectivity index (χ0n) is 15.4. The number of carbonyl (C=O) groups is 2. The van der Waals surface area contributed by atoms with E-state index >= 15 is 0 Å². The van der Waals surface area contributed by atoms with E-state index < -0.39 is 23.4 Å². The Balaban J connectivity index is 1.61. The van der Waals surface area contributed by atoms with Gasteiger partial charge in [0.25, 0.3) is 11.6 Å². The lowest BCUT2D eigenvalue weighted by Crippen LogP contribution is -2.30. The Hall–Kier alpha value is -2.94. The van der Waals surface area contributed by atoms with Crippen molar-refractivity contribution in [3.05, 3.63) is 56.3 Å². The van der Waals surface area contributed by atoms with Crippen LogP contribution in [0.3, 0.4) is 0 Å². The Bertz CT molecular complexity index is 862. The second kappa shape index (κ2) is 8.83. The molecule has 0 radical (unpaired) electrons. The zero-order valence-corrected chi connectivity index (χ0v) is 16.2. The monoisotopic (exact) mass is 403 g/mol. The first-order valence-electron chi connectivity index (χ1n) is 8.99. The van der Waals surface area contributed by atoms with Crippen molar-refractivity contribution in [2.75, 3.05) is 24.6 Å². The molecule has 1 atom stereocenters. The molecule has 9 heteroatoms. The average Bonchev–Trinajstić information content (AvgIpc) is 3.39. The highest BCUT2D eigenvalue weighted by molar-refractivity contribution is 7.10. The van der Waals surface area contributed by atoms with Gasteiger partial charge < -0.3 is 15.0 Å². The first kappa shape index (κ1) is 19.8. The van der Waals surface area contributed by atoms with Crippen LogP contribution in [0, 0.1) is 10.1 Å². The highest BCUT2D eigenvalue weighted by atomic mass is 32.1. The first-order valence-corrected chi connectivity index (χ1v) is 9.87. The number of nitro groups is 1. The van der Waals surface area contributed by atoms with Gasteiger partial charge in [-0.05, 0) is 43.3 Å². The lowest BCUT2D eigenvalue weighted by molar-refractivity contribution is -0.384. The van der Waals surface area contributed by atoms with E-state index in [1.807, 2.05) is 29.3 Å². The molecule has 2 heterocycles. The number of rotatable bonds is 7. The highest BCUT2D eigenvalue weighted by Gasteiger charge is 2.24. The fourth-order valence-electron chi connectivity index (χ4n) is 3.13. The van der Waals surface area contributed by atoms with Crippen molar-refractivity contribution >= 4 is 34.6 Å². The molecule has 1 saturated heterocycles. The summed E-state index contributed by atoms with van der Waals surface area (Å²) in [5, 5.41) is 16.1. The Kier molecular flexibility index (Phi) is 6.25. The topological polar surface area (TPSA) is 102 Å². The molecule has 3 rings (SSSR count). The maximum atomic E-state index is 12.2. The van der Waals surface area contributed by atoms with E-state index in [0.717, 1.165) is 30.8 Å². The summed E-state index contributed by atoms with van der Waals surface area (Å²) in [6, 6.07) is 7.88. The Morgan fingerprint density at radius 1 is 1.32 bits per heavy atom. The van der Waals surface area contributed by atoms with Crippen molar-refractivity contribution in [3.8, 4) is 0 Å². The van der Waals surface area contributed by atoms with Gasteiger partial charge >= 0.3 is 5.97 Å². The minimum Gasteiger partial charge on any atom is -0.452 e. The maximum absolute atomic E-state index is 12.2. The summed E-state index contributed by atoms with van der Waals surface area (Å²) in [4.78, 5) is 38.1. The first-order chi connectivity index (χ1) is 13.5. The van der Waals surface area contributed by atoms with Crippen LogP contribution in [-0.4, -0.2) is 36.5 Å². The van der Waals surface area contributed by atoms with Gasteiger partial charge in [-0.25, -0.2) is 4.79 Å².